The van der Waals surface area contributed by atoms with E-state index in [1.165, 1.54) is 26.8 Å². The Morgan fingerprint density at radius 3 is 1.53 bits per heavy atom. The number of hydrogen-bond donors (Lipinski definition) is 0. The van der Waals surface area contributed by atoms with Crippen LogP contribution in [0.3, 0.4) is 0 Å². The Hall–Kier alpha value is -1.72. The Labute approximate surface area is 106 Å². The maximum absolute atomic E-state index is 13.5. The number of hydrogen-bond acceptors (Lipinski definition) is 0. The zero-order valence-corrected chi connectivity index (χ0v) is 10.3. The van der Waals surface area contributed by atoms with E-state index in [1.54, 1.807) is 0 Å². The SMILES string of the molecule is Cc1cc(C)c(C(F)=C(F)F)c(C(F)=C(F)F)c1C. The first-order chi connectivity index (χ1) is 8.68. The minimum Gasteiger partial charge on any atom is -0.200 e. The molecule has 104 valence electrons. The van der Waals surface area contributed by atoms with Crippen molar-refractivity contribution in [3.8, 4) is 0 Å². The topological polar surface area (TPSA) is 0 Å². The number of benzene rings is 1. The molecule has 0 bridgehead atoms. The number of aryl methyl sites for hydroxylation is 2. The molecular formula is C13H10F6. The number of rotatable bonds is 2. The van der Waals surface area contributed by atoms with Crippen molar-refractivity contribution in [2.45, 2.75) is 20.8 Å². The molecule has 0 heterocycles. The molecule has 1 rings (SSSR count). The Morgan fingerprint density at radius 2 is 1.11 bits per heavy atom. The summed E-state index contributed by atoms with van der Waals surface area (Å²) < 4.78 is 76.3. The highest BCUT2D eigenvalue weighted by Gasteiger charge is 2.24. The fourth-order valence-electron chi connectivity index (χ4n) is 1.83. The third-order valence-corrected chi connectivity index (χ3v) is 2.81. The van der Waals surface area contributed by atoms with Crippen LogP contribution in [0.2, 0.25) is 0 Å². The lowest BCUT2D eigenvalue weighted by Gasteiger charge is -2.14. The fraction of sp³-hybridized carbons (Fsp3) is 0.231. The summed E-state index contributed by atoms with van der Waals surface area (Å²) in [6.45, 7) is 4.00. The van der Waals surface area contributed by atoms with Crippen LogP contribution in [0.1, 0.15) is 27.8 Å². The van der Waals surface area contributed by atoms with Gasteiger partial charge in [0.05, 0.1) is 0 Å². The molecule has 0 saturated heterocycles. The predicted octanol–water partition coefficient (Wildman–Crippen LogP) is 5.68. The molecule has 0 spiro atoms. The van der Waals surface area contributed by atoms with E-state index in [9.17, 15) is 26.3 Å². The Bertz CT molecular complexity index is 575. The van der Waals surface area contributed by atoms with Crippen LogP contribution in [0.4, 0.5) is 26.3 Å². The third-order valence-electron chi connectivity index (χ3n) is 2.81. The summed E-state index contributed by atoms with van der Waals surface area (Å²) in [6.07, 6.45) is -5.36. The standard InChI is InChI=1S/C13H10F6/c1-5-4-6(2)8(10(14)12(16)17)9(7(5)3)11(15)13(18)19/h4H,1-3H3. The normalized spacial score (nSPS) is 10.4. The van der Waals surface area contributed by atoms with Crippen LogP contribution in [0, 0.1) is 20.8 Å². The minimum atomic E-state index is -2.68. The van der Waals surface area contributed by atoms with Crippen molar-refractivity contribution in [2.24, 2.45) is 0 Å². The van der Waals surface area contributed by atoms with E-state index in [0.717, 1.165) is 0 Å². The van der Waals surface area contributed by atoms with Gasteiger partial charge < -0.3 is 0 Å². The van der Waals surface area contributed by atoms with Gasteiger partial charge in [0, 0.05) is 11.1 Å². The molecular weight excluding hydrogens is 270 g/mol. The van der Waals surface area contributed by atoms with Gasteiger partial charge in [0.15, 0.2) is 11.7 Å². The minimum absolute atomic E-state index is 0.0118. The predicted molar refractivity (Wildman–Crippen MR) is 61.1 cm³/mol. The monoisotopic (exact) mass is 280 g/mol. The Morgan fingerprint density at radius 1 is 0.684 bits per heavy atom. The molecule has 6 heteroatoms. The first-order valence-corrected chi connectivity index (χ1v) is 5.21. The molecule has 19 heavy (non-hydrogen) atoms. The molecule has 0 aliphatic carbocycles. The largest absolute Gasteiger partial charge is 0.306 e. The Balaban J connectivity index is 3.88. The smallest absolute Gasteiger partial charge is 0.200 e. The molecule has 1 aromatic rings. The molecule has 0 amide bonds. The van der Waals surface area contributed by atoms with Crippen molar-refractivity contribution in [3.05, 3.63) is 46.0 Å². The molecule has 0 aliphatic rings. The van der Waals surface area contributed by atoms with E-state index in [-0.39, 0.29) is 11.1 Å². The maximum atomic E-state index is 13.5. The van der Waals surface area contributed by atoms with Crippen LogP contribution < -0.4 is 0 Å². The summed E-state index contributed by atoms with van der Waals surface area (Å²) in [5, 5.41) is 0. The van der Waals surface area contributed by atoms with Crippen molar-refractivity contribution < 1.29 is 26.3 Å². The van der Waals surface area contributed by atoms with Crippen LogP contribution in [0.25, 0.3) is 11.7 Å². The van der Waals surface area contributed by atoms with Crippen molar-refractivity contribution in [1.29, 1.82) is 0 Å². The molecule has 0 saturated carbocycles. The highest BCUT2D eigenvalue weighted by Crippen LogP contribution is 2.38. The van der Waals surface area contributed by atoms with Crippen LogP contribution in [0.15, 0.2) is 18.2 Å². The molecule has 0 radical (unpaired) electrons. The van der Waals surface area contributed by atoms with Gasteiger partial charge in [-0.05, 0) is 37.5 Å². The first kappa shape index (κ1) is 15.3. The highest BCUT2D eigenvalue weighted by atomic mass is 19.3. The molecule has 1 aromatic carbocycles. The van der Waals surface area contributed by atoms with Crippen LogP contribution in [-0.4, -0.2) is 0 Å². The van der Waals surface area contributed by atoms with Gasteiger partial charge in [0.2, 0.25) is 0 Å². The second-order valence-electron chi connectivity index (χ2n) is 4.03. The summed E-state index contributed by atoms with van der Waals surface area (Å²) in [7, 11) is 0. The van der Waals surface area contributed by atoms with Gasteiger partial charge in [-0.3, -0.25) is 0 Å². The van der Waals surface area contributed by atoms with E-state index in [1.807, 2.05) is 0 Å². The first-order valence-electron chi connectivity index (χ1n) is 5.21. The average Bonchev–Trinajstić information content (AvgIpc) is 2.31. The van der Waals surface area contributed by atoms with Gasteiger partial charge in [-0.15, -0.1) is 0 Å². The van der Waals surface area contributed by atoms with Crippen molar-refractivity contribution >= 4 is 11.7 Å². The van der Waals surface area contributed by atoms with Crippen molar-refractivity contribution in [2.75, 3.05) is 0 Å². The van der Waals surface area contributed by atoms with Gasteiger partial charge in [0.1, 0.15) is 0 Å². The van der Waals surface area contributed by atoms with E-state index >= 15 is 0 Å². The zero-order chi connectivity index (χ0) is 14.9. The van der Waals surface area contributed by atoms with Crippen molar-refractivity contribution in [1.82, 2.24) is 0 Å². The summed E-state index contributed by atoms with van der Waals surface area (Å²) in [5.74, 6) is -3.98. The average molecular weight is 280 g/mol. The van der Waals surface area contributed by atoms with E-state index in [0.29, 0.717) is 5.56 Å². The second kappa shape index (κ2) is 5.50. The molecule has 0 unspecified atom stereocenters. The van der Waals surface area contributed by atoms with Gasteiger partial charge in [-0.2, -0.15) is 17.6 Å². The van der Waals surface area contributed by atoms with Crippen LogP contribution >= 0.6 is 0 Å². The third kappa shape index (κ3) is 2.83. The zero-order valence-electron chi connectivity index (χ0n) is 10.3. The summed E-state index contributed by atoms with van der Waals surface area (Å²) >= 11 is 0. The van der Waals surface area contributed by atoms with E-state index in [2.05, 4.69) is 0 Å². The highest BCUT2D eigenvalue weighted by molar-refractivity contribution is 5.79. The van der Waals surface area contributed by atoms with Gasteiger partial charge in [0.25, 0.3) is 0 Å². The van der Waals surface area contributed by atoms with E-state index in [4.69, 9.17) is 0 Å². The lowest BCUT2D eigenvalue weighted by Crippen LogP contribution is -2.00. The van der Waals surface area contributed by atoms with Crippen molar-refractivity contribution in [3.63, 3.8) is 0 Å². The van der Waals surface area contributed by atoms with Crippen LogP contribution in [0.5, 0.6) is 0 Å². The van der Waals surface area contributed by atoms with Gasteiger partial charge in [-0.1, -0.05) is 6.07 Å². The number of halogens is 6. The molecule has 0 fully saturated rings. The lowest BCUT2D eigenvalue weighted by molar-refractivity contribution is 0.407. The molecule has 0 aromatic heterocycles. The quantitative estimate of drug-likeness (QED) is 0.611. The maximum Gasteiger partial charge on any atom is 0.306 e. The second-order valence-corrected chi connectivity index (χ2v) is 4.03. The molecule has 0 aliphatic heterocycles. The fourth-order valence-corrected chi connectivity index (χ4v) is 1.83. The molecule has 0 nitrogen and oxygen atoms in total. The van der Waals surface area contributed by atoms with E-state index < -0.39 is 34.9 Å². The molecule has 0 atom stereocenters. The lowest BCUT2D eigenvalue weighted by atomic mass is 9.92. The summed E-state index contributed by atoms with van der Waals surface area (Å²) in [4.78, 5) is 0. The van der Waals surface area contributed by atoms with Gasteiger partial charge >= 0.3 is 12.2 Å². The van der Waals surface area contributed by atoms with Crippen LogP contribution in [-0.2, 0) is 0 Å². The van der Waals surface area contributed by atoms with Gasteiger partial charge in [-0.25, -0.2) is 8.78 Å². The summed E-state index contributed by atoms with van der Waals surface area (Å²) in [5.41, 5.74) is -1.32. The molecule has 0 N–H and O–H groups in total. The summed E-state index contributed by atoms with van der Waals surface area (Å²) in [6, 6.07) is 1.33. The Kier molecular flexibility index (Phi) is 4.44.